The minimum absolute atomic E-state index is 0.140. The Morgan fingerprint density at radius 3 is 3.25 bits per heavy atom. The Kier molecular flexibility index (Phi) is 3.73. The number of halogens is 1. The Morgan fingerprint density at radius 1 is 1.60 bits per heavy atom. The van der Waals surface area contributed by atoms with Crippen molar-refractivity contribution in [3.63, 3.8) is 0 Å². The van der Waals surface area contributed by atoms with E-state index in [0.29, 0.717) is 19.0 Å². The van der Waals surface area contributed by atoms with Gasteiger partial charge in [0, 0.05) is 19.3 Å². The molecule has 20 heavy (non-hydrogen) atoms. The van der Waals surface area contributed by atoms with Crippen LogP contribution in [-0.2, 0) is 9.53 Å². The van der Waals surface area contributed by atoms with Crippen molar-refractivity contribution in [2.45, 2.75) is 6.10 Å². The van der Waals surface area contributed by atoms with Crippen LogP contribution in [0.2, 0.25) is 0 Å². The number of anilines is 1. The fraction of sp³-hybridized carbons (Fsp3) is 0.385. The molecule has 3 heterocycles. The molecule has 6 nitrogen and oxygen atoms in total. The van der Waals surface area contributed by atoms with E-state index in [4.69, 9.17) is 4.74 Å². The molecule has 0 saturated carbocycles. The summed E-state index contributed by atoms with van der Waals surface area (Å²) in [6.45, 7) is 2.03. The second-order valence-electron chi connectivity index (χ2n) is 4.80. The summed E-state index contributed by atoms with van der Waals surface area (Å²) < 4.78 is 8.21. The van der Waals surface area contributed by atoms with Gasteiger partial charge in [0.2, 0.25) is 0 Å². The monoisotopic (exact) mass is 338 g/mol. The lowest BCUT2D eigenvalue weighted by Gasteiger charge is -2.28. The quantitative estimate of drug-likeness (QED) is 0.898. The Balaban J connectivity index is 1.79. The average molecular weight is 339 g/mol. The molecule has 0 unspecified atom stereocenters. The van der Waals surface area contributed by atoms with Gasteiger partial charge in [0.15, 0.2) is 5.65 Å². The van der Waals surface area contributed by atoms with Gasteiger partial charge in [-0.25, -0.2) is 4.98 Å². The van der Waals surface area contributed by atoms with Gasteiger partial charge in [-0.05, 0) is 35.1 Å². The van der Waals surface area contributed by atoms with Gasteiger partial charge in [0.05, 0.1) is 17.3 Å². The normalized spacial score (nSPS) is 20.2. The van der Waals surface area contributed by atoms with Gasteiger partial charge < -0.3 is 15.0 Å². The summed E-state index contributed by atoms with van der Waals surface area (Å²) in [5.41, 5.74) is 0.768. The number of hydrogen-bond donors (Lipinski definition) is 1. The van der Waals surface area contributed by atoms with Gasteiger partial charge in [-0.1, -0.05) is 0 Å². The number of carbonyl (C=O) groups excluding carboxylic acids is 1. The Hall–Kier alpha value is -1.44. The van der Waals surface area contributed by atoms with E-state index in [2.05, 4.69) is 31.1 Å². The zero-order valence-electron chi connectivity index (χ0n) is 11.0. The predicted molar refractivity (Wildman–Crippen MR) is 78.8 cm³/mol. The maximum absolute atomic E-state index is 12.2. The molecule has 0 radical (unpaired) electrons. The third-order valence-corrected chi connectivity index (χ3v) is 3.92. The van der Waals surface area contributed by atoms with Crippen LogP contribution in [0.4, 0.5) is 5.82 Å². The maximum atomic E-state index is 12.2. The highest BCUT2D eigenvalue weighted by Gasteiger charge is 2.25. The molecule has 1 amide bonds. The standard InChI is InChI=1S/C13H15BrN4O2/c1-17-5-6-20-10(8-17)13(19)16-11-7-15-12-9(14)3-2-4-18(11)12/h2-4,7,10H,5-6,8H2,1H3,(H,16,19)/t10-/m1/s1. The SMILES string of the molecule is CN1CCO[C@@H](C(=O)Nc2cnc3c(Br)cccn23)C1. The molecule has 0 aromatic carbocycles. The van der Waals surface area contributed by atoms with Crippen molar-refractivity contribution in [3.05, 3.63) is 29.0 Å². The molecule has 0 spiro atoms. The van der Waals surface area contributed by atoms with E-state index in [9.17, 15) is 4.79 Å². The van der Waals surface area contributed by atoms with Crippen molar-refractivity contribution in [2.24, 2.45) is 0 Å². The van der Waals surface area contributed by atoms with Gasteiger partial charge in [0.25, 0.3) is 5.91 Å². The van der Waals surface area contributed by atoms with E-state index in [1.54, 1.807) is 6.20 Å². The minimum Gasteiger partial charge on any atom is -0.366 e. The number of rotatable bonds is 2. The molecule has 106 valence electrons. The molecule has 1 N–H and O–H groups in total. The van der Waals surface area contributed by atoms with Crippen LogP contribution in [0, 0.1) is 0 Å². The van der Waals surface area contributed by atoms with Gasteiger partial charge >= 0.3 is 0 Å². The molecule has 2 aromatic rings. The highest BCUT2D eigenvalue weighted by atomic mass is 79.9. The topological polar surface area (TPSA) is 58.9 Å². The molecule has 1 fully saturated rings. The molecule has 1 saturated heterocycles. The van der Waals surface area contributed by atoms with Crippen LogP contribution in [0.1, 0.15) is 0 Å². The average Bonchev–Trinajstić information content (AvgIpc) is 2.83. The van der Waals surface area contributed by atoms with Gasteiger partial charge in [-0.15, -0.1) is 0 Å². The van der Waals surface area contributed by atoms with E-state index >= 15 is 0 Å². The fourth-order valence-electron chi connectivity index (χ4n) is 2.21. The van der Waals surface area contributed by atoms with Crippen molar-refractivity contribution in [3.8, 4) is 0 Å². The molecular weight excluding hydrogens is 324 g/mol. The number of nitrogens with zero attached hydrogens (tertiary/aromatic N) is 3. The lowest BCUT2D eigenvalue weighted by molar-refractivity contribution is -0.132. The minimum atomic E-state index is -0.438. The number of amides is 1. The van der Waals surface area contributed by atoms with Crippen LogP contribution >= 0.6 is 15.9 Å². The largest absolute Gasteiger partial charge is 0.366 e. The molecule has 0 bridgehead atoms. The highest BCUT2D eigenvalue weighted by molar-refractivity contribution is 9.10. The predicted octanol–water partition coefficient (Wildman–Crippen LogP) is 1.37. The summed E-state index contributed by atoms with van der Waals surface area (Å²) in [6.07, 6.45) is 3.06. The zero-order valence-corrected chi connectivity index (χ0v) is 12.6. The van der Waals surface area contributed by atoms with Crippen LogP contribution in [-0.4, -0.2) is 53.0 Å². The second kappa shape index (κ2) is 5.51. The van der Waals surface area contributed by atoms with E-state index in [0.717, 1.165) is 16.7 Å². The van der Waals surface area contributed by atoms with Gasteiger partial charge in [-0.2, -0.15) is 0 Å². The summed E-state index contributed by atoms with van der Waals surface area (Å²) in [5.74, 6) is 0.501. The molecule has 3 rings (SSSR count). The third kappa shape index (κ3) is 2.56. The Labute approximate surface area is 124 Å². The van der Waals surface area contributed by atoms with Crippen molar-refractivity contribution in [2.75, 3.05) is 32.1 Å². The highest BCUT2D eigenvalue weighted by Crippen LogP contribution is 2.20. The van der Waals surface area contributed by atoms with Crippen LogP contribution in [0.25, 0.3) is 5.65 Å². The first kappa shape index (κ1) is 13.5. The van der Waals surface area contributed by atoms with Crippen LogP contribution in [0.15, 0.2) is 29.0 Å². The third-order valence-electron chi connectivity index (χ3n) is 3.30. The number of fused-ring (bicyclic) bond motifs is 1. The maximum Gasteiger partial charge on any atom is 0.255 e. The first-order valence-electron chi connectivity index (χ1n) is 6.38. The number of morpholine rings is 1. The van der Waals surface area contributed by atoms with Crippen molar-refractivity contribution < 1.29 is 9.53 Å². The molecule has 1 aliphatic rings. The number of aromatic nitrogens is 2. The number of nitrogens with one attached hydrogen (secondary N) is 1. The molecular formula is C13H15BrN4O2. The Bertz CT molecular complexity index is 642. The van der Waals surface area contributed by atoms with E-state index < -0.39 is 6.10 Å². The molecule has 0 aliphatic carbocycles. The van der Waals surface area contributed by atoms with Gasteiger partial charge in [0.1, 0.15) is 11.9 Å². The smallest absolute Gasteiger partial charge is 0.255 e. The van der Waals surface area contributed by atoms with Crippen LogP contribution in [0.3, 0.4) is 0 Å². The first-order chi connectivity index (χ1) is 9.65. The van der Waals surface area contributed by atoms with E-state index in [-0.39, 0.29) is 5.91 Å². The van der Waals surface area contributed by atoms with Crippen LogP contribution in [0.5, 0.6) is 0 Å². The summed E-state index contributed by atoms with van der Waals surface area (Å²) >= 11 is 3.43. The number of hydrogen-bond acceptors (Lipinski definition) is 4. The van der Waals surface area contributed by atoms with Gasteiger partial charge in [-0.3, -0.25) is 9.20 Å². The fourth-order valence-corrected chi connectivity index (χ4v) is 2.66. The number of pyridine rings is 1. The van der Waals surface area contributed by atoms with Crippen molar-refractivity contribution >= 4 is 33.3 Å². The number of carbonyl (C=O) groups is 1. The molecule has 2 aromatic heterocycles. The first-order valence-corrected chi connectivity index (χ1v) is 7.17. The molecule has 1 atom stereocenters. The lowest BCUT2D eigenvalue weighted by atomic mass is 10.2. The Morgan fingerprint density at radius 2 is 2.45 bits per heavy atom. The summed E-state index contributed by atoms with van der Waals surface area (Å²) in [7, 11) is 1.98. The summed E-state index contributed by atoms with van der Waals surface area (Å²) in [6, 6.07) is 3.80. The lowest BCUT2D eigenvalue weighted by Crippen LogP contribution is -2.46. The summed E-state index contributed by atoms with van der Waals surface area (Å²) in [4.78, 5) is 18.6. The van der Waals surface area contributed by atoms with E-state index in [1.807, 2.05) is 29.8 Å². The number of likely N-dealkylation sites (N-methyl/N-ethyl adjacent to an activating group) is 1. The summed E-state index contributed by atoms with van der Waals surface area (Å²) in [5, 5.41) is 2.87. The van der Waals surface area contributed by atoms with E-state index in [1.165, 1.54) is 0 Å². The number of ether oxygens (including phenoxy) is 1. The van der Waals surface area contributed by atoms with Crippen molar-refractivity contribution in [1.82, 2.24) is 14.3 Å². The van der Waals surface area contributed by atoms with Crippen LogP contribution < -0.4 is 5.32 Å². The van der Waals surface area contributed by atoms with Crippen molar-refractivity contribution in [1.29, 1.82) is 0 Å². The molecule has 1 aliphatic heterocycles. The molecule has 7 heteroatoms. The zero-order chi connectivity index (χ0) is 14.1. The second-order valence-corrected chi connectivity index (χ2v) is 5.66. The number of imidazole rings is 1.